The fourth-order valence-corrected chi connectivity index (χ4v) is 3.58. The normalized spacial score (nSPS) is 16.6. The standard InChI is InChI=1S/C19H15BrN2O4S/c1-11-2-5-13(6-3-11)21-19-22-18(25)16(27-19)9-12-4-7-15(14(20)8-12)26-10-17(23)24/h2-9H,10H2,1H3,(H,23,24)(H,21,22,25)/b16-9-. The van der Waals surface area contributed by atoms with Gasteiger partial charge in [-0.25, -0.2) is 9.79 Å². The molecular weight excluding hydrogens is 432 g/mol. The predicted molar refractivity (Wildman–Crippen MR) is 109 cm³/mol. The van der Waals surface area contributed by atoms with Crippen LogP contribution in [0.2, 0.25) is 0 Å². The van der Waals surface area contributed by atoms with E-state index in [0.717, 1.165) is 16.8 Å². The van der Waals surface area contributed by atoms with Crippen molar-refractivity contribution in [3.05, 3.63) is 63.0 Å². The maximum Gasteiger partial charge on any atom is 0.341 e. The third kappa shape index (κ3) is 5.21. The number of nitrogens with zero attached hydrogens (tertiary/aromatic N) is 1. The molecule has 1 amide bonds. The van der Waals surface area contributed by atoms with Gasteiger partial charge in [-0.15, -0.1) is 0 Å². The van der Waals surface area contributed by atoms with Gasteiger partial charge in [-0.2, -0.15) is 0 Å². The Morgan fingerprint density at radius 1 is 1.30 bits per heavy atom. The van der Waals surface area contributed by atoms with E-state index in [0.29, 0.717) is 20.3 Å². The summed E-state index contributed by atoms with van der Waals surface area (Å²) in [5, 5.41) is 11.9. The fourth-order valence-electron chi connectivity index (χ4n) is 2.23. The lowest BCUT2D eigenvalue weighted by Crippen LogP contribution is -2.19. The molecule has 1 heterocycles. The molecule has 0 spiro atoms. The van der Waals surface area contributed by atoms with Crippen molar-refractivity contribution in [2.45, 2.75) is 6.92 Å². The molecule has 0 aliphatic carbocycles. The quantitative estimate of drug-likeness (QED) is 0.674. The third-order valence-corrected chi connectivity index (χ3v) is 5.05. The van der Waals surface area contributed by atoms with Crippen molar-refractivity contribution in [3.8, 4) is 5.75 Å². The molecular formula is C19H15BrN2O4S. The van der Waals surface area contributed by atoms with Gasteiger partial charge in [0.15, 0.2) is 11.8 Å². The van der Waals surface area contributed by atoms with E-state index < -0.39 is 12.6 Å². The summed E-state index contributed by atoms with van der Waals surface area (Å²) in [4.78, 5) is 27.7. The van der Waals surface area contributed by atoms with Crippen molar-refractivity contribution in [1.29, 1.82) is 0 Å². The monoisotopic (exact) mass is 446 g/mol. The molecule has 1 aliphatic heterocycles. The molecule has 0 aromatic heterocycles. The number of benzene rings is 2. The van der Waals surface area contributed by atoms with Gasteiger partial charge < -0.3 is 15.2 Å². The predicted octanol–water partition coefficient (Wildman–Crippen LogP) is 4.11. The largest absolute Gasteiger partial charge is 0.481 e. The fraction of sp³-hybridized carbons (Fsp3) is 0.105. The van der Waals surface area contributed by atoms with E-state index in [-0.39, 0.29) is 5.91 Å². The van der Waals surface area contributed by atoms with E-state index in [4.69, 9.17) is 9.84 Å². The molecule has 0 saturated carbocycles. The zero-order valence-corrected chi connectivity index (χ0v) is 16.6. The number of thioether (sulfide) groups is 1. The van der Waals surface area contributed by atoms with Gasteiger partial charge in [0.2, 0.25) is 0 Å². The van der Waals surface area contributed by atoms with Crippen molar-refractivity contribution in [2.75, 3.05) is 6.61 Å². The Labute approximate surface area is 168 Å². The average Bonchev–Trinajstić information content (AvgIpc) is 2.95. The topological polar surface area (TPSA) is 88.0 Å². The SMILES string of the molecule is Cc1ccc(N=C2NC(=O)/C(=C/c3ccc(OCC(=O)O)c(Br)c3)S2)cc1. The number of nitrogens with one attached hydrogen (secondary N) is 1. The van der Waals surface area contributed by atoms with Crippen LogP contribution in [0.4, 0.5) is 5.69 Å². The summed E-state index contributed by atoms with van der Waals surface area (Å²) in [6.45, 7) is 1.58. The minimum Gasteiger partial charge on any atom is -0.481 e. The van der Waals surface area contributed by atoms with E-state index in [9.17, 15) is 9.59 Å². The molecule has 0 atom stereocenters. The molecule has 8 heteroatoms. The number of hydrogen-bond acceptors (Lipinski definition) is 5. The number of aryl methyl sites for hydroxylation is 1. The van der Waals surface area contributed by atoms with Crippen molar-refractivity contribution < 1.29 is 19.4 Å². The smallest absolute Gasteiger partial charge is 0.341 e. The number of carbonyl (C=O) groups excluding carboxylic acids is 1. The molecule has 3 rings (SSSR count). The molecule has 6 nitrogen and oxygen atoms in total. The molecule has 138 valence electrons. The molecule has 2 aromatic carbocycles. The van der Waals surface area contributed by atoms with Gasteiger partial charge in [-0.05, 0) is 70.5 Å². The molecule has 0 bridgehead atoms. The first kappa shape index (κ1) is 19.2. The number of aliphatic imine (C=N–C) groups is 1. The highest BCUT2D eigenvalue weighted by atomic mass is 79.9. The van der Waals surface area contributed by atoms with Crippen LogP contribution in [-0.4, -0.2) is 28.8 Å². The number of ether oxygens (including phenoxy) is 1. The molecule has 1 aliphatic rings. The van der Waals surface area contributed by atoms with Crippen LogP contribution in [0.15, 0.2) is 56.8 Å². The summed E-state index contributed by atoms with van der Waals surface area (Å²) in [7, 11) is 0. The highest BCUT2D eigenvalue weighted by Crippen LogP contribution is 2.31. The highest BCUT2D eigenvalue weighted by molar-refractivity contribution is 9.10. The number of rotatable bonds is 5. The number of halogens is 1. The molecule has 1 fully saturated rings. The van der Waals surface area contributed by atoms with Gasteiger partial charge in [0.25, 0.3) is 5.91 Å². The Hall–Kier alpha value is -2.58. The second kappa shape index (κ2) is 8.41. The van der Waals surface area contributed by atoms with Gasteiger partial charge in [-0.3, -0.25) is 4.79 Å². The van der Waals surface area contributed by atoms with Crippen molar-refractivity contribution in [3.63, 3.8) is 0 Å². The van der Waals surface area contributed by atoms with Crippen LogP contribution >= 0.6 is 27.7 Å². The van der Waals surface area contributed by atoms with Crippen LogP contribution in [0.25, 0.3) is 6.08 Å². The first-order valence-electron chi connectivity index (χ1n) is 7.91. The summed E-state index contributed by atoms with van der Waals surface area (Å²) in [6.07, 6.45) is 1.74. The van der Waals surface area contributed by atoms with E-state index in [1.807, 2.05) is 31.2 Å². The van der Waals surface area contributed by atoms with Crippen LogP contribution in [0.1, 0.15) is 11.1 Å². The summed E-state index contributed by atoms with van der Waals surface area (Å²) >= 11 is 4.61. The van der Waals surface area contributed by atoms with E-state index in [2.05, 4.69) is 26.2 Å². The number of aliphatic carboxylic acids is 1. The zero-order chi connectivity index (χ0) is 19.4. The molecule has 2 aromatic rings. The average molecular weight is 447 g/mol. The summed E-state index contributed by atoms with van der Waals surface area (Å²) in [6, 6.07) is 12.9. The van der Waals surface area contributed by atoms with E-state index in [1.54, 1.807) is 24.3 Å². The summed E-state index contributed by atoms with van der Waals surface area (Å²) < 4.78 is 5.77. The summed E-state index contributed by atoms with van der Waals surface area (Å²) in [5.41, 5.74) is 2.69. The molecule has 0 unspecified atom stereocenters. The molecule has 27 heavy (non-hydrogen) atoms. The van der Waals surface area contributed by atoms with Gasteiger partial charge >= 0.3 is 5.97 Å². The molecule has 2 N–H and O–H groups in total. The Morgan fingerprint density at radius 3 is 2.70 bits per heavy atom. The van der Waals surface area contributed by atoms with Crippen molar-refractivity contribution in [2.24, 2.45) is 4.99 Å². The Kier molecular flexibility index (Phi) is 5.98. The second-order valence-corrected chi connectivity index (χ2v) is 7.57. The first-order valence-corrected chi connectivity index (χ1v) is 9.52. The van der Waals surface area contributed by atoms with Crippen LogP contribution < -0.4 is 10.1 Å². The van der Waals surface area contributed by atoms with Gasteiger partial charge in [0.05, 0.1) is 15.1 Å². The molecule has 0 radical (unpaired) electrons. The molecule has 1 saturated heterocycles. The minimum absolute atomic E-state index is 0.215. The zero-order valence-electron chi connectivity index (χ0n) is 14.2. The third-order valence-electron chi connectivity index (χ3n) is 3.52. The Balaban J connectivity index is 1.75. The number of carboxylic acids is 1. The number of carboxylic acid groups (broad SMARTS) is 1. The lowest BCUT2D eigenvalue weighted by molar-refractivity contribution is -0.139. The van der Waals surface area contributed by atoms with E-state index in [1.165, 1.54) is 11.8 Å². The summed E-state index contributed by atoms with van der Waals surface area (Å²) in [5.74, 6) is -0.842. The lowest BCUT2D eigenvalue weighted by atomic mass is 10.2. The van der Waals surface area contributed by atoms with Gasteiger partial charge in [0, 0.05) is 0 Å². The first-order chi connectivity index (χ1) is 12.9. The van der Waals surface area contributed by atoms with E-state index >= 15 is 0 Å². The van der Waals surface area contributed by atoms with Gasteiger partial charge in [-0.1, -0.05) is 23.8 Å². The highest BCUT2D eigenvalue weighted by Gasteiger charge is 2.23. The number of hydrogen-bond donors (Lipinski definition) is 2. The lowest BCUT2D eigenvalue weighted by Gasteiger charge is -2.06. The Bertz CT molecular complexity index is 955. The number of carbonyl (C=O) groups is 2. The maximum atomic E-state index is 12.2. The Morgan fingerprint density at radius 2 is 2.04 bits per heavy atom. The van der Waals surface area contributed by atoms with Crippen molar-refractivity contribution in [1.82, 2.24) is 5.32 Å². The number of amidine groups is 1. The minimum atomic E-state index is -1.05. The van der Waals surface area contributed by atoms with Crippen LogP contribution in [0, 0.1) is 6.92 Å². The maximum absolute atomic E-state index is 12.2. The number of amides is 1. The van der Waals surface area contributed by atoms with Crippen LogP contribution in [-0.2, 0) is 9.59 Å². The van der Waals surface area contributed by atoms with Crippen molar-refractivity contribution >= 4 is 56.5 Å². The second-order valence-electron chi connectivity index (χ2n) is 5.69. The van der Waals surface area contributed by atoms with Gasteiger partial charge in [0.1, 0.15) is 5.75 Å². The van der Waals surface area contributed by atoms with Crippen LogP contribution in [0.5, 0.6) is 5.75 Å². The van der Waals surface area contributed by atoms with Crippen LogP contribution in [0.3, 0.4) is 0 Å².